The molecule has 2 rings (SSSR count). The lowest BCUT2D eigenvalue weighted by atomic mass is 10.4. The third-order valence-electron chi connectivity index (χ3n) is 2.07. The summed E-state index contributed by atoms with van der Waals surface area (Å²) in [7, 11) is 0. The number of aliphatic hydroxyl groups excluding tert-OH is 1. The van der Waals surface area contributed by atoms with Gasteiger partial charge in [-0.05, 0) is 28.9 Å². The van der Waals surface area contributed by atoms with Crippen LogP contribution in [0.1, 0.15) is 5.82 Å². The first-order chi connectivity index (χ1) is 6.72. The first-order valence-electron chi connectivity index (χ1n) is 4.31. The van der Waals surface area contributed by atoms with Crippen molar-refractivity contribution in [3.8, 4) is 0 Å². The van der Waals surface area contributed by atoms with Gasteiger partial charge < -0.3 is 9.67 Å². The largest absolute Gasteiger partial charge is 0.395 e. The molecule has 2 aromatic rings. The standard InChI is InChI=1S/C9H10BrN3O/c1-6-12-8-4-7(10)5-11-9(8)13(6)2-3-14/h4-5,14H,2-3H2,1H3. The fourth-order valence-electron chi connectivity index (χ4n) is 1.47. The summed E-state index contributed by atoms with van der Waals surface area (Å²) >= 11 is 3.34. The number of fused-ring (bicyclic) bond motifs is 1. The second kappa shape index (κ2) is 3.67. The lowest BCUT2D eigenvalue weighted by molar-refractivity contribution is 0.276. The van der Waals surface area contributed by atoms with E-state index < -0.39 is 0 Å². The predicted octanol–water partition coefficient (Wildman–Crippen LogP) is 1.49. The summed E-state index contributed by atoms with van der Waals surface area (Å²) in [5.41, 5.74) is 1.67. The van der Waals surface area contributed by atoms with Crippen LogP contribution in [-0.4, -0.2) is 26.2 Å². The highest BCUT2D eigenvalue weighted by molar-refractivity contribution is 9.10. The quantitative estimate of drug-likeness (QED) is 0.885. The maximum absolute atomic E-state index is 8.89. The van der Waals surface area contributed by atoms with E-state index in [0.29, 0.717) is 6.54 Å². The van der Waals surface area contributed by atoms with Gasteiger partial charge in [-0.1, -0.05) is 0 Å². The maximum atomic E-state index is 8.89. The number of aromatic nitrogens is 3. The van der Waals surface area contributed by atoms with Gasteiger partial charge in [0.05, 0.1) is 6.61 Å². The first-order valence-corrected chi connectivity index (χ1v) is 5.11. The van der Waals surface area contributed by atoms with E-state index in [1.807, 2.05) is 17.6 Å². The van der Waals surface area contributed by atoms with Crippen LogP contribution in [-0.2, 0) is 6.54 Å². The van der Waals surface area contributed by atoms with Crippen molar-refractivity contribution in [2.75, 3.05) is 6.61 Å². The van der Waals surface area contributed by atoms with Crippen molar-refractivity contribution < 1.29 is 5.11 Å². The molecule has 0 bridgehead atoms. The molecule has 5 heteroatoms. The van der Waals surface area contributed by atoms with Crippen LogP contribution in [0, 0.1) is 6.92 Å². The number of aliphatic hydroxyl groups is 1. The van der Waals surface area contributed by atoms with E-state index in [4.69, 9.17) is 5.11 Å². The molecule has 2 aromatic heterocycles. The minimum Gasteiger partial charge on any atom is -0.395 e. The minimum absolute atomic E-state index is 0.101. The number of rotatable bonds is 2. The number of hydrogen-bond donors (Lipinski definition) is 1. The van der Waals surface area contributed by atoms with Crippen LogP contribution in [0.3, 0.4) is 0 Å². The van der Waals surface area contributed by atoms with E-state index in [9.17, 15) is 0 Å². The fraction of sp³-hybridized carbons (Fsp3) is 0.333. The Morgan fingerprint density at radius 1 is 1.57 bits per heavy atom. The zero-order valence-corrected chi connectivity index (χ0v) is 9.32. The van der Waals surface area contributed by atoms with Gasteiger partial charge in [-0.2, -0.15) is 0 Å². The van der Waals surface area contributed by atoms with E-state index in [0.717, 1.165) is 21.5 Å². The average molecular weight is 256 g/mol. The summed E-state index contributed by atoms with van der Waals surface area (Å²) in [4.78, 5) is 8.61. The number of halogens is 1. The molecule has 1 N–H and O–H groups in total. The second-order valence-electron chi connectivity index (χ2n) is 3.03. The fourth-order valence-corrected chi connectivity index (χ4v) is 1.79. The Hall–Kier alpha value is -0.940. The number of imidazole rings is 1. The van der Waals surface area contributed by atoms with Crippen LogP contribution in [0.4, 0.5) is 0 Å². The highest BCUT2D eigenvalue weighted by Crippen LogP contribution is 2.17. The van der Waals surface area contributed by atoms with Gasteiger partial charge in [0.15, 0.2) is 5.65 Å². The van der Waals surface area contributed by atoms with Crippen molar-refractivity contribution in [1.29, 1.82) is 0 Å². The van der Waals surface area contributed by atoms with E-state index in [1.165, 1.54) is 0 Å². The van der Waals surface area contributed by atoms with Gasteiger partial charge in [0.1, 0.15) is 11.3 Å². The molecule has 2 heterocycles. The smallest absolute Gasteiger partial charge is 0.160 e. The van der Waals surface area contributed by atoms with Gasteiger partial charge in [0.25, 0.3) is 0 Å². The average Bonchev–Trinajstić information content (AvgIpc) is 2.43. The van der Waals surface area contributed by atoms with E-state index in [1.54, 1.807) is 6.20 Å². The third kappa shape index (κ3) is 1.53. The molecular formula is C9H10BrN3O. The summed E-state index contributed by atoms with van der Waals surface area (Å²) in [6, 6.07) is 1.92. The SMILES string of the molecule is Cc1nc2cc(Br)cnc2n1CCO. The minimum atomic E-state index is 0.101. The van der Waals surface area contributed by atoms with Crippen LogP contribution in [0.5, 0.6) is 0 Å². The Kier molecular flexibility index (Phi) is 2.52. The van der Waals surface area contributed by atoms with Gasteiger partial charge in [0, 0.05) is 17.2 Å². The third-order valence-corrected chi connectivity index (χ3v) is 2.50. The van der Waals surface area contributed by atoms with Gasteiger partial charge in [0.2, 0.25) is 0 Å². The molecule has 0 aromatic carbocycles. The number of pyridine rings is 1. The Balaban J connectivity index is 2.64. The normalized spacial score (nSPS) is 11.1. The Morgan fingerprint density at radius 3 is 3.07 bits per heavy atom. The number of aryl methyl sites for hydroxylation is 1. The highest BCUT2D eigenvalue weighted by atomic mass is 79.9. The molecule has 14 heavy (non-hydrogen) atoms. The summed E-state index contributed by atoms with van der Waals surface area (Å²) in [6.45, 7) is 2.55. The van der Waals surface area contributed by atoms with Crippen molar-refractivity contribution in [3.63, 3.8) is 0 Å². The van der Waals surface area contributed by atoms with E-state index >= 15 is 0 Å². The van der Waals surface area contributed by atoms with Crippen LogP contribution >= 0.6 is 15.9 Å². The molecule has 0 aliphatic rings. The molecule has 0 amide bonds. The van der Waals surface area contributed by atoms with E-state index in [-0.39, 0.29) is 6.61 Å². The van der Waals surface area contributed by atoms with Crippen LogP contribution < -0.4 is 0 Å². The molecule has 0 atom stereocenters. The molecule has 0 saturated heterocycles. The summed E-state index contributed by atoms with van der Waals surface area (Å²) in [5, 5.41) is 8.89. The highest BCUT2D eigenvalue weighted by Gasteiger charge is 2.07. The molecule has 4 nitrogen and oxygen atoms in total. The summed E-state index contributed by atoms with van der Waals surface area (Å²) in [5.74, 6) is 0.875. The predicted molar refractivity (Wildman–Crippen MR) is 57.1 cm³/mol. The molecule has 74 valence electrons. The topological polar surface area (TPSA) is 50.9 Å². The Bertz CT molecular complexity index is 466. The van der Waals surface area contributed by atoms with Gasteiger partial charge in [-0.3, -0.25) is 0 Å². The van der Waals surface area contributed by atoms with Crippen LogP contribution in [0.25, 0.3) is 11.2 Å². The molecule has 0 aliphatic carbocycles. The van der Waals surface area contributed by atoms with Gasteiger partial charge in [-0.15, -0.1) is 0 Å². The van der Waals surface area contributed by atoms with Crippen molar-refractivity contribution in [3.05, 3.63) is 22.6 Å². The zero-order chi connectivity index (χ0) is 10.1. The summed E-state index contributed by atoms with van der Waals surface area (Å²) < 4.78 is 2.82. The Morgan fingerprint density at radius 2 is 2.36 bits per heavy atom. The van der Waals surface area contributed by atoms with Crippen LogP contribution in [0.15, 0.2) is 16.7 Å². The summed E-state index contributed by atoms with van der Waals surface area (Å²) in [6.07, 6.45) is 1.73. The number of nitrogens with zero attached hydrogens (tertiary/aromatic N) is 3. The van der Waals surface area contributed by atoms with Crippen molar-refractivity contribution in [2.45, 2.75) is 13.5 Å². The monoisotopic (exact) mass is 255 g/mol. The molecular weight excluding hydrogens is 246 g/mol. The maximum Gasteiger partial charge on any atom is 0.160 e. The Labute approximate surface area is 89.7 Å². The van der Waals surface area contributed by atoms with Crippen LogP contribution in [0.2, 0.25) is 0 Å². The second-order valence-corrected chi connectivity index (χ2v) is 3.95. The van der Waals surface area contributed by atoms with E-state index in [2.05, 4.69) is 25.9 Å². The molecule has 0 aliphatic heterocycles. The lowest BCUT2D eigenvalue weighted by Crippen LogP contribution is -2.04. The molecule has 0 saturated carbocycles. The molecule has 0 unspecified atom stereocenters. The molecule has 0 radical (unpaired) electrons. The molecule has 0 fully saturated rings. The number of hydrogen-bond acceptors (Lipinski definition) is 3. The van der Waals surface area contributed by atoms with Gasteiger partial charge >= 0.3 is 0 Å². The lowest BCUT2D eigenvalue weighted by Gasteiger charge is -2.01. The van der Waals surface area contributed by atoms with Gasteiger partial charge in [-0.25, -0.2) is 9.97 Å². The first kappa shape index (κ1) is 9.61. The van der Waals surface area contributed by atoms with Crippen molar-refractivity contribution in [2.24, 2.45) is 0 Å². The molecule has 0 spiro atoms. The van der Waals surface area contributed by atoms with Crippen molar-refractivity contribution in [1.82, 2.24) is 14.5 Å². The van der Waals surface area contributed by atoms with Crippen molar-refractivity contribution >= 4 is 27.1 Å². The zero-order valence-electron chi connectivity index (χ0n) is 7.74.